The van der Waals surface area contributed by atoms with Crippen molar-refractivity contribution < 1.29 is 4.79 Å². The Morgan fingerprint density at radius 2 is 2.13 bits per heavy atom. The summed E-state index contributed by atoms with van der Waals surface area (Å²) in [6.07, 6.45) is 3.61. The number of thiocarbonyl (C=S) groups is 1. The van der Waals surface area contributed by atoms with Gasteiger partial charge in [0.25, 0.3) is 0 Å². The Labute approximate surface area is 101 Å². The van der Waals surface area contributed by atoms with Crippen LogP contribution < -0.4 is 11.1 Å². The highest BCUT2D eigenvalue weighted by Gasteiger charge is 2.16. The number of thioether (sulfide) groups is 1. The van der Waals surface area contributed by atoms with Crippen molar-refractivity contribution in [2.75, 3.05) is 18.1 Å². The van der Waals surface area contributed by atoms with Gasteiger partial charge in [0, 0.05) is 19.4 Å². The Morgan fingerprint density at radius 3 is 2.73 bits per heavy atom. The van der Waals surface area contributed by atoms with Crippen LogP contribution in [0, 0.1) is 5.92 Å². The summed E-state index contributed by atoms with van der Waals surface area (Å²) < 4.78 is 0. The zero-order chi connectivity index (χ0) is 11.1. The van der Waals surface area contributed by atoms with Gasteiger partial charge in [-0.15, -0.1) is 0 Å². The van der Waals surface area contributed by atoms with Crippen molar-refractivity contribution in [3.63, 3.8) is 0 Å². The number of nitrogens with two attached hydrogens (primary N) is 1. The molecule has 1 heterocycles. The summed E-state index contributed by atoms with van der Waals surface area (Å²) in [4.78, 5) is 12.0. The average molecular weight is 246 g/mol. The zero-order valence-corrected chi connectivity index (χ0v) is 10.5. The third kappa shape index (κ3) is 5.99. The minimum atomic E-state index is 0.142. The second-order valence-electron chi connectivity index (χ2n) is 3.83. The number of hydrogen-bond acceptors (Lipinski definition) is 3. The van der Waals surface area contributed by atoms with Gasteiger partial charge in [-0.1, -0.05) is 12.2 Å². The Kier molecular flexibility index (Phi) is 6.02. The first kappa shape index (κ1) is 12.8. The molecule has 0 unspecified atom stereocenters. The minimum absolute atomic E-state index is 0.142. The van der Waals surface area contributed by atoms with E-state index in [0.29, 0.717) is 30.3 Å². The predicted molar refractivity (Wildman–Crippen MR) is 69.1 cm³/mol. The third-order valence-corrected chi connectivity index (χ3v) is 3.76. The van der Waals surface area contributed by atoms with E-state index in [1.165, 1.54) is 24.3 Å². The van der Waals surface area contributed by atoms with Crippen LogP contribution in [0.2, 0.25) is 0 Å². The summed E-state index contributed by atoms with van der Waals surface area (Å²) in [5, 5.41) is 2.85. The van der Waals surface area contributed by atoms with Gasteiger partial charge in [0.2, 0.25) is 5.91 Å². The Bertz CT molecular complexity index is 227. The van der Waals surface area contributed by atoms with Crippen LogP contribution in [0.5, 0.6) is 0 Å². The van der Waals surface area contributed by atoms with Crippen LogP contribution in [-0.4, -0.2) is 28.9 Å². The monoisotopic (exact) mass is 246 g/mol. The number of rotatable bonds is 5. The van der Waals surface area contributed by atoms with Gasteiger partial charge in [-0.05, 0) is 30.3 Å². The highest BCUT2D eigenvalue weighted by Crippen LogP contribution is 2.24. The van der Waals surface area contributed by atoms with E-state index in [9.17, 15) is 4.79 Å². The molecule has 0 aromatic heterocycles. The fourth-order valence-electron chi connectivity index (χ4n) is 1.61. The molecule has 5 heteroatoms. The van der Waals surface area contributed by atoms with Crippen molar-refractivity contribution in [2.45, 2.75) is 25.7 Å². The number of nitrogens with one attached hydrogen (secondary N) is 1. The Balaban J connectivity index is 2.09. The quantitative estimate of drug-likeness (QED) is 0.718. The number of carbonyl (C=O) groups is 1. The van der Waals surface area contributed by atoms with Crippen LogP contribution in [-0.2, 0) is 4.79 Å². The lowest BCUT2D eigenvalue weighted by Crippen LogP contribution is -2.29. The van der Waals surface area contributed by atoms with Crippen LogP contribution in [0.1, 0.15) is 25.7 Å². The van der Waals surface area contributed by atoms with Gasteiger partial charge in [-0.3, -0.25) is 4.79 Å². The maximum absolute atomic E-state index is 11.5. The summed E-state index contributed by atoms with van der Waals surface area (Å²) in [6, 6.07) is 0. The smallest absolute Gasteiger partial charge is 0.220 e. The molecule has 0 aromatic rings. The summed E-state index contributed by atoms with van der Waals surface area (Å²) in [5.74, 6) is 3.12. The molecular formula is C10H18N2OS2. The van der Waals surface area contributed by atoms with Gasteiger partial charge < -0.3 is 11.1 Å². The molecule has 0 spiro atoms. The second kappa shape index (κ2) is 7.06. The lowest BCUT2D eigenvalue weighted by atomic mass is 9.98. The van der Waals surface area contributed by atoms with E-state index in [-0.39, 0.29) is 5.91 Å². The molecule has 0 atom stereocenters. The summed E-state index contributed by atoms with van der Waals surface area (Å²) in [6.45, 7) is 0.579. The van der Waals surface area contributed by atoms with Crippen LogP contribution in [0.15, 0.2) is 0 Å². The molecule has 0 aliphatic carbocycles. The van der Waals surface area contributed by atoms with Gasteiger partial charge in [0.05, 0.1) is 4.99 Å². The maximum Gasteiger partial charge on any atom is 0.220 e. The molecule has 1 rings (SSSR count). The highest BCUT2D eigenvalue weighted by molar-refractivity contribution is 7.99. The fourth-order valence-corrected chi connectivity index (χ4v) is 2.92. The lowest BCUT2D eigenvalue weighted by molar-refractivity contribution is -0.122. The van der Waals surface area contributed by atoms with Gasteiger partial charge in [-0.25, -0.2) is 0 Å². The third-order valence-electron chi connectivity index (χ3n) is 2.51. The maximum atomic E-state index is 11.5. The van der Waals surface area contributed by atoms with E-state index in [1.807, 2.05) is 11.8 Å². The van der Waals surface area contributed by atoms with Crippen molar-refractivity contribution in [2.24, 2.45) is 11.7 Å². The number of hydrogen-bond donors (Lipinski definition) is 2. The van der Waals surface area contributed by atoms with Gasteiger partial charge >= 0.3 is 0 Å². The first-order chi connectivity index (χ1) is 7.18. The van der Waals surface area contributed by atoms with Crippen LogP contribution in [0.3, 0.4) is 0 Å². The first-order valence-electron chi connectivity index (χ1n) is 5.31. The van der Waals surface area contributed by atoms with E-state index in [1.54, 1.807) is 0 Å². The molecular weight excluding hydrogens is 228 g/mol. The van der Waals surface area contributed by atoms with E-state index >= 15 is 0 Å². The van der Waals surface area contributed by atoms with Crippen molar-refractivity contribution in [1.82, 2.24) is 5.32 Å². The van der Waals surface area contributed by atoms with E-state index in [2.05, 4.69) is 5.32 Å². The van der Waals surface area contributed by atoms with Crippen molar-refractivity contribution in [1.29, 1.82) is 0 Å². The predicted octanol–water partition coefficient (Wildman–Crippen LogP) is 1.31. The topological polar surface area (TPSA) is 55.1 Å². The second-order valence-corrected chi connectivity index (χ2v) is 5.58. The van der Waals surface area contributed by atoms with Crippen LogP contribution in [0.4, 0.5) is 0 Å². The standard InChI is InChI=1S/C10H18N2OS2/c11-9(14)1-4-12-10(13)7-8-2-5-15-6-3-8/h8H,1-7H2,(H2,11,14)(H,12,13). The summed E-state index contributed by atoms with van der Waals surface area (Å²) >= 11 is 6.71. The van der Waals surface area contributed by atoms with Crippen LogP contribution >= 0.6 is 24.0 Å². The van der Waals surface area contributed by atoms with E-state index in [0.717, 1.165) is 0 Å². The molecule has 0 radical (unpaired) electrons. The molecule has 0 aromatic carbocycles. The van der Waals surface area contributed by atoms with Gasteiger partial charge in [0.1, 0.15) is 0 Å². The average Bonchev–Trinajstić information content (AvgIpc) is 2.18. The first-order valence-corrected chi connectivity index (χ1v) is 6.87. The van der Waals surface area contributed by atoms with Crippen molar-refractivity contribution in [3.05, 3.63) is 0 Å². The largest absolute Gasteiger partial charge is 0.393 e. The lowest BCUT2D eigenvalue weighted by Gasteiger charge is -2.20. The molecule has 1 aliphatic heterocycles. The minimum Gasteiger partial charge on any atom is -0.393 e. The molecule has 1 amide bonds. The SMILES string of the molecule is NC(=S)CCNC(=O)CC1CCSCC1. The molecule has 15 heavy (non-hydrogen) atoms. The van der Waals surface area contributed by atoms with E-state index in [4.69, 9.17) is 18.0 Å². The summed E-state index contributed by atoms with van der Waals surface area (Å²) in [7, 11) is 0. The molecule has 1 aliphatic rings. The summed E-state index contributed by atoms with van der Waals surface area (Å²) in [5.41, 5.74) is 5.34. The Morgan fingerprint density at radius 1 is 1.47 bits per heavy atom. The molecule has 3 nitrogen and oxygen atoms in total. The fraction of sp³-hybridized carbons (Fsp3) is 0.800. The Hall–Kier alpha value is -0.290. The van der Waals surface area contributed by atoms with E-state index < -0.39 is 0 Å². The molecule has 1 fully saturated rings. The number of carbonyl (C=O) groups excluding carboxylic acids is 1. The molecule has 3 N–H and O–H groups in total. The molecule has 0 saturated carbocycles. The van der Waals surface area contributed by atoms with Crippen molar-refractivity contribution >= 4 is 34.9 Å². The molecule has 86 valence electrons. The zero-order valence-electron chi connectivity index (χ0n) is 8.83. The van der Waals surface area contributed by atoms with Crippen LogP contribution in [0.25, 0.3) is 0 Å². The number of amides is 1. The molecule has 0 bridgehead atoms. The van der Waals surface area contributed by atoms with Crippen molar-refractivity contribution in [3.8, 4) is 0 Å². The highest BCUT2D eigenvalue weighted by atomic mass is 32.2. The van der Waals surface area contributed by atoms with Gasteiger partial charge in [-0.2, -0.15) is 11.8 Å². The molecule has 1 saturated heterocycles. The van der Waals surface area contributed by atoms with Gasteiger partial charge in [0.15, 0.2) is 0 Å². The normalized spacial score (nSPS) is 17.3.